The molecule has 0 atom stereocenters. The zero-order valence-corrected chi connectivity index (χ0v) is 22.9. The van der Waals surface area contributed by atoms with Crippen LogP contribution in [0.5, 0.6) is 11.5 Å². The molecular formula is C26H28BrN3O5S. The number of methoxy groups -OCH3 is 2. The maximum absolute atomic E-state index is 13.5. The monoisotopic (exact) mass is 573 g/mol. The molecular weight excluding hydrogens is 546 g/mol. The average molecular weight is 574 g/mol. The average Bonchev–Trinajstić information content (AvgIpc) is 2.88. The molecule has 3 aromatic rings. The number of amides is 1. The Morgan fingerprint density at radius 3 is 2.19 bits per heavy atom. The van der Waals surface area contributed by atoms with Gasteiger partial charge >= 0.3 is 0 Å². The van der Waals surface area contributed by atoms with Crippen molar-refractivity contribution in [1.82, 2.24) is 5.43 Å². The summed E-state index contributed by atoms with van der Waals surface area (Å²) in [6.07, 6.45) is 0.522. The van der Waals surface area contributed by atoms with E-state index in [0.29, 0.717) is 29.3 Å². The van der Waals surface area contributed by atoms with Gasteiger partial charge in [-0.2, -0.15) is 5.10 Å². The molecule has 36 heavy (non-hydrogen) atoms. The molecule has 3 aromatic carbocycles. The highest BCUT2D eigenvalue weighted by Crippen LogP contribution is 2.28. The van der Waals surface area contributed by atoms with Crippen molar-refractivity contribution in [1.29, 1.82) is 0 Å². The van der Waals surface area contributed by atoms with Gasteiger partial charge in [0, 0.05) is 10.0 Å². The molecule has 8 nitrogen and oxygen atoms in total. The third-order valence-corrected chi connectivity index (χ3v) is 7.69. The number of nitrogens with one attached hydrogen (secondary N) is 1. The second kappa shape index (κ2) is 12.0. The number of hydrogen-bond donors (Lipinski definition) is 1. The van der Waals surface area contributed by atoms with Crippen molar-refractivity contribution >= 4 is 43.3 Å². The Hall–Kier alpha value is -3.37. The molecule has 1 amide bonds. The first kappa shape index (κ1) is 27.2. The van der Waals surface area contributed by atoms with Crippen LogP contribution in [0.3, 0.4) is 0 Å². The Bertz CT molecular complexity index is 1340. The van der Waals surface area contributed by atoms with E-state index in [0.717, 1.165) is 19.9 Å². The summed E-state index contributed by atoms with van der Waals surface area (Å²) in [6, 6.07) is 18.5. The number of benzene rings is 3. The van der Waals surface area contributed by atoms with Crippen molar-refractivity contribution < 1.29 is 22.7 Å². The number of carbonyl (C=O) groups is 1. The SMILES string of the molecule is CC/C(=N/NC(=O)CN(c1ccc(Br)cc1)S(=O)(=O)c1ccc(C)cc1)c1ccc(OC)c(OC)c1. The van der Waals surface area contributed by atoms with Crippen LogP contribution in [0.2, 0.25) is 0 Å². The lowest BCUT2D eigenvalue weighted by molar-refractivity contribution is -0.119. The Morgan fingerprint density at radius 1 is 0.972 bits per heavy atom. The number of aryl methyl sites for hydroxylation is 1. The number of ether oxygens (including phenoxy) is 2. The molecule has 0 unspecified atom stereocenters. The Morgan fingerprint density at radius 2 is 1.61 bits per heavy atom. The first-order chi connectivity index (χ1) is 17.2. The Kier molecular flexibility index (Phi) is 9.11. The number of carbonyl (C=O) groups excluding carboxylic acids is 1. The second-order valence-corrected chi connectivity index (χ2v) is 10.6. The summed E-state index contributed by atoms with van der Waals surface area (Å²) in [4.78, 5) is 13.0. The van der Waals surface area contributed by atoms with Crippen LogP contribution in [0.4, 0.5) is 5.69 Å². The fraction of sp³-hybridized carbons (Fsp3) is 0.231. The minimum atomic E-state index is -4.01. The van der Waals surface area contributed by atoms with Crippen LogP contribution >= 0.6 is 15.9 Å². The highest BCUT2D eigenvalue weighted by molar-refractivity contribution is 9.10. The summed E-state index contributed by atoms with van der Waals surface area (Å²) in [5, 5.41) is 4.26. The van der Waals surface area contributed by atoms with Gasteiger partial charge in [-0.25, -0.2) is 13.8 Å². The maximum atomic E-state index is 13.5. The summed E-state index contributed by atoms with van der Waals surface area (Å²) in [6.45, 7) is 3.32. The van der Waals surface area contributed by atoms with Gasteiger partial charge in [0.1, 0.15) is 6.54 Å². The van der Waals surface area contributed by atoms with Gasteiger partial charge in [0.15, 0.2) is 11.5 Å². The molecule has 0 aromatic heterocycles. The van der Waals surface area contributed by atoms with E-state index in [1.165, 1.54) is 19.2 Å². The zero-order chi connectivity index (χ0) is 26.3. The number of anilines is 1. The van der Waals surface area contributed by atoms with E-state index < -0.39 is 22.5 Å². The summed E-state index contributed by atoms with van der Waals surface area (Å²) >= 11 is 3.36. The molecule has 0 radical (unpaired) electrons. The fourth-order valence-electron chi connectivity index (χ4n) is 3.42. The highest BCUT2D eigenvalue weighted by Gasteiger charge is 2.27. The summed E-state index contributed by atoms with van der Waals surface area (Å²) in [5.74, 6) is 0.528. The quantitative estimate of drug-likeness (QED) is 0.275. The van der Waals surface area contributed by atoms with Gasteiger partial charge in [0.25, 0.3) is 15.9 Å². The number of sulfonamides is 1. The normalized spacial score (nSPS) is 11.6. The summed E-state index contributed by atoms with van der Waals surface area (Å²) < 4.78 is 39.4. The number of nitrogens with zero attached hydrogens (tertiary/aromatic N) is 2. The minimum absolute atomic E-state index is 0.0897. The predicted octanol–water partition coefficient (Wildman–Crippen LogP) is 4.90. The van der Waals surface area contributed by atoms with Crippen molar-refractivity contribution in [3.63, 3.8) is 0 Å². The lowest BCUT2D eigenvalue weighted by Gasteiger charge is -2.24. The summed E-state index contributed by atoms with van der Waals surface area (Å²) in [7, 11) is -0.924. The maximum Gasteiger partial charge on any atom is 0.264 e. The van der Waals surface area contributed by atoms with Crippen molar-refractivity contribution in [2.75, 3.05) is 25.1 Å². The third kappa shape index (κ3) is 6.44. The molecule has 10 heteroatoms. The van der Waals surface area contributed by atoms with E-state index in [2.05, 4.69) is 26.5 Å². The lowest BCUT2D eigenvalue weighted by Crippen LogP contribution is -2.39. The van der Waals surface area contributed by atoms with Crippen molar-refractivity contribution in [3.05, 3.63) is 82.3 Å². The van der Waals surface area contributed by atoms with Crippen LogP contribution in [-0.4, -0.2) is 40.8 Å². The molecule has 0 bridgehead atoms. The number of halogens is 1. The van der Waals surface area contributed by atoms with Gasteiger partial charge in [-0.3, -0.25) is 9.10 Å². The zero-order valence-electron chi connectivity index (χ0n) is 20.5. The van der Waals surface area contributed by atoms with Crippen molar-refractivity contribution in [2.24, 2.45) is 5.10 Å². The molecule has 0 spiro atoms. The van der Waals surface area contributed by atoms with Gasteiger partial charge in [0.05, 0.1) is 30.5 Å². The Balaban J connectivity index is 1.88. The first-order valence-electron chi connectivity index (χ1n) is 11.1. The third-order valence-electron chi connectivity index (χ3n) is 5.38. The van der Waals surface area contributed by atoms with Crippen LogP contribution in [0.15, 0.2) is 81.2 Å². The smallest absolute Gasteiger partial charge is 0.264 e. The molecule has 0 aliphatic carbocycles. The molecule has 0 aliphatic rings. The topological polar surface area (TPSA) is 97.3 Å². The van der Waals surface area contributed by atoms with Crippen LogP contribution < -0.4 is 19.2 Å². The number of rotatable bonds is 10. The van der Waals surface area contributed by atoms with E-state index >= 15 is 0 Å². The van der Waals surface area contributed by atoms with Gasteiger partial charge in [0.2, 0.25) is 0 Å². The second-order valence-electron chi connectivity index (χ2n) is 7.82. The van der Waals surface area contributed by atoms with Crippen LogP contribution in [0, 0.1) is 6.92 Å². The van der Waals surface area contributed by atoms with Gasteiger partial charge in [-0.1, -0.05) is 40.5 Å². The van der Waals surface area contributed by atoms with Crippen molar-refractivity contribution in [3.8, 4) is 11.5 Å². The molecule has 1 N–H and O–H groups in total. The molecule has 0 saturated heterocycles. The molecule has 0 fully saturated rings. The van der Waals surface area contributed by atoms with E-state index in [9.17, 15) is 13.2 Å². The van der Waals surface area contributed by atoms with E-state index in [4.69, 9.17) is 9.47 Å². The van der Waals surface area contributed by atoms with Crippen LogP contribution in [0.1, 0.15) is 24.5 Å². The summed E-state index contributed by atoms with van der Waals surface area (Å²) in [5.41, 5.74) is 5.13. The predicted molar refractivity (Wildman–Crippen MR) is 144 cm³/mol. The number of hydrogen-bond acceptors (Lipinski definition) is 6. The molecule has 0 saturated carbocycles. The molecule has 0 aliphatic heterocycles. The minimum Gasteiger partial charge on any atom is -0.493 e. The lowest BCUT2D eigenvalue weighted by atomic mass is 10.1. The molecule has 190 valence electrons. The van der Waals surface area contributed by atoms with Crippen LogP contribution in [-0.2, 0) is 14.8 Å². The molecule has 0 heterocycles. The van der Waals surface area contributed by atoms with E-state index in [1.807, 2.05) is 19.9 Å². The highest BCUT2D eigenvalue weighted by atomic mass is 79.9. The van der Waals surface area contributed by atoms with Gasteiger partial charge in [-0.15, -0.1) is 0 Å². The molecule has 3 rings (SSSR count). The van der Waals surface area contributed by atoms with E-state index in [-0.39, 0.29) is 4.90 Å². The first-order valence-corrected chi connectivity index (χ1v) is 13.4. The fourth-order valence-corrected chi connectivity index (χ4v) is 5.10. The standard InChI is InChI=1S/C26H28BrN3O5S/c1-5-23(19-8-15-24(34-3)25(16-19)35-4)28-29-26(31)17-30(21-11-9-20(27)10-12-21)36(32,33)22-13-6-18(2)7-14-22/h6-16H,5,17H2,1-4H3,(H,29,31)/b28-23-. The van der Waals surface area contributed by atoms with Crippen molar-refractivity contribution in [2.45, 2.75) is 25.2 Å². The van der Waals surface area contributed by atoms with E-state index in [1.54, 1.807) is 55.6 Å². The van der Waals surface area contributed by atoms with Gasteiger partial charge in [-0.05, 0) is 67.9 Å². The van der Waals surface area contributed by atoms with Crippen LogP contribution in [0.25, 0.3) is 0 Å². The largest absolute Gasteiger partial charge is 0.493 e. The number of hydrazone groups is 1. The van der Waals surface area contributed by atoms with Gasteiger partial charge < -0.3 is 9.47 Å². The Labute approximate surface area is 220 Å².